The largest absolute Gasteiger partial charge is 0.393 e. The second-order valence-electron chi connectivity index (χ2n) is 6.67. The van der Waals surface area contributed by atoms with Crippen molar-refractivity contribution in [3.8, 4) is 11.4 Å². The molecule has 3 aromatic rings. The Balaban J connectivity index is 1.43. The molecule has 5 nitrogen and oxygen atoms in total. The van der Waals surface area contributed by atoms with Crippen molar-refractivity contribution in [2.24, 2.45) is 10.9 Å². The standard InChI is InChI=1S/C20H22N4O/c25-18-6-2-1-5-17(18)14-21-13-15-8-10-16(11-9-15)20-22-19-7-3-4-12-24(19)23-20/h3-4,7-13,17-18,25H,1-2,5-6,14H2/t17-,18+/m0/s1. The minimum Gasteiger partial charge on any atom is -0.393 e. The lowest BCUT2D eigenvalue weighted by Gasteiger charge is -2.25. The molecule has 1 aromatic carbocycles. The molecule has 0 unspecified atom stereocenters. The lowest BCUT2D eigenvalue weighted by atomic mass is 9.87. The third kappa shape index (κ3) is 3.61. The molecule has 1 fully saturated rings. The zero-order valence-corrected chi connectivity index (χ0v) is 14.1. The van der Waals surface area contributed by atoms with Gasteiger partial charge in [0.1, 0.15) is 0 Å². The maximum Gasteiger partial charge on any atom is 0.182 e. The zero-order valence-electron chi connectivity index (χ0n) is 14.1. The lowest BCUT2D eigenvalue weighted by Crippen LogP contribution is -2.26. The third-order valence-electron chi connectivity index (χ3n) is 4.86. The molecule has 1 saturated carbocycles. The smallest absolute Gasteiger partial charge is 0.182 e. The SMILES string of the molecule is O[C@@H]1CCCC[C@H]1CN=Cc1ccc(-c2nc3ccccn3n2)cc1. The predicted molar refractivity (Wildman–Crippen MR) is 98.8 cm³/mol. The van der Waals surface area contributed by atoms with E-state index in [9.17, 15) is 5.11 Å². The molecule has 1 N–H and O–H groups in total. The molecule has 2 aromatic heterocycles. The molecule has 2 heterocycles. The van der Waals surface area contributed by atoms with E-state index < -0.39 is 0 Å². The number of hydrogen-bond acceptors (Lipinski definition) is 4. The van der Waals surface area contributed by atoms with Crippen LogP contribution >= 0.6 is 0 Å². The Morgan fingerprint density at radius 3 is 2.76 bits per heavy atom. The summed E-state index contributed by atoms with van der Waals surface area (Å²) in [5.41, 5.74) is 2.88. The number of aromatic nitrogens is 3. The minimum atomic E-state index is -0.186. The Labute approximate surface area is 147 Å². The molecule has 0 amide bonds. The number of aliphatic hydroxyl groups is 1. The molecule has 2 atom stereocenters. The van der Waals surface area contributed by atoms with Gasteiger partial charge in [0.15, 0.2) is 11.5 Å². The highest BCUT2D eigenvalue weighted by molar-refractivity contribution is 5.80. The van der Waals surface area contributed by atoms with Gasteiger partial charge in [-0.25, -0.2) is 9.50 Å². The van der Waals surface area contributed by atoms with Crippen LogP contribution in [0.1, 0.15) is 31.2 Å². The summed E-state index contributed by atoms with van der Waals surface area (Å²) >= 11 is 0. The van der Waals surface area contributed by atoms with Crippen molar-refractivity contribution in [1.82, 2.24) is 14.6 Å². The van der Waals surface area contributed by atoms with Gasteiger partial charge in [0, 0.05) is 30.4 Å². The van der Waals surface area contributed by atoms with Crippen molar-refractivity contribution in [2.45, 2.75) is 31.8 Å². The van der Waals surface area contributed by atoms with Crippen molar-refractivity contribution in [1.29, 1.82) is 0 Å². The average molecular weight is 334 g/mol. The van der Waals surface area contributed by atoms with Crippen LogP contribution in [-0.2, 0) is 0 Å². The van der Waals surface area contributed by atoms with Crippen LogP contribution in [0.4, 0.5) is 0 Å². The summed E-state index contributed by atoms with van der Waals surface area (Å²) in [4.78, 5) is 9.07. The van der Waals surface area contributed by atoms with Crippen LogP contribution < -0.4 is 0 Å². The van der Waals surface area contributed by atoms with Crippen LogP contribution in [0.15, 0.2) is 53.7 Å². The second kappa shape index (κ2) is 7.15. The fourth-order valence-corrected chi connectivity index (χ4v) is 3.37. The van der Waals surface area contributed by atoms with Crippen molar-refractivity contribution in [2.75, 3.05) is 6.54 Å². The van der Waals surface area contributed by atoms with E-state index in [1.807, 2.05) is 54.9 Å². The van der Waals surface area contributed by atoms with Crippen LogP contribution in [0.5, 0.6) is 0 Å². The van der Waals surface area contributed by atoms with E-state index in [-0.39, 0.29) is 6.10 Å². The highest BCUT2D eigenvalue weighted by Gasteiger charge is 2.22. The Bertz CT molecular complexity index is 836. The molecule has 1 aliphatic carbocycles. The quantitative estimate of drug-likeness (QED) is 0.744. The number of hydrogen-bond donors (Lipinski definition) is 1. The van der Waals surface area contributed by atoms with Gasteiger partial charge in [0.05, 0.1) is 6.10 Å². The first kappa shape index (κ1) is 16.0. The van der Waals surface area contributed by atoms with E-state index in [2.05, 4.69) is 15.1 Å². The summed E-state index contributed by atoms with van der Waals surface area (Å²) in [7, 11) is 0. The maximum atomic E-state index is 10.00. The number of pyridine rings is 1. The highest BCUT2D eigenvalue weighted by Crippen LogP contribution is 2.24. The van der Waals surface area contributed by atoms with Crippen LogP contribution in [0, 0.1) is 5.92 Å². The van der Waals surface area contributed by atoms with Gasteiger partial charge in [-0.15, -0.1) is 5.10 Å². The molecule has 4 rings (SSSR count). The van der Waals surface area contributed by atoms with Gasteiger partial charge in [0.25, 0.3) is 0 Å². The summed E-state index contributed by atoms with van der Waals surface area (Å²) in [6.07, 6.45) is 7.94. The summed E-state index contributed by atoms with van der Waals surface area (Å²) in [6, 6.07) is 13.9. The highest BCUT2D eigenvalue weighted by atomic mass is 16.3. The topological polar surface area (TPSA) is 62.8 Å². The number of nitrogens with zero attached hydrogens (tertiary/aromatic N) is 4. The first-order valence-electron chi connectivity index (χ1n) is 8.89. The molecule has 0 aliphatic heterocycles. The Morgan fingerprint density at radius 2 is 1.96 bits per heavy atom. The Morgan fingerprint density at radius 1 is 1.12 bits per heavy atom. The maximum absolute atomic E-state index is 10.00. The molecule has 1 aliphatic rings. The number of rotatable bonds is 4. The van der Waals surface area contributed by atoms with Gasteiger partial charge < -0.3 is 5.11 Å². The van der Waals surface area contributed by atoms with Crippen molar-refractivity contribution >= 4 is 11.9 Å². The summed E-state index contributed by atoms with van der Waals surface area (Å²) in [6.45, 7) is 0.705. The van der Waals surface area contributed by atoms with Gasteiger partial charge in [-0.3, -0.25) is 4.99 Å². The van der Waals surface area contributed by atoms with Crippen molar-refractivity contribution in [3.63, 3.8) is 0 Å². The van der Waals surface area contributed by atoms with E-state index in [4.69, 9.17) is 0 Å². The van der Waals surface area contributed by atoms with E-state index in [0.29, 0.717) is 12.5 Å². The second-order valence-corrected chi connectivity index (χ2v) is 6.67. The summed E-state index contributed by atoms with van der Waals surface area (Å²) in [5, 5.41) is 14.5. The molecule has 0 spiro atoms. The van der Waals surface area contributed by atoms with Gasteiger partial charge in [-0.1, -0.05) is 43.2 Å². The summed E-state index contributed by atoms with van der Waals surface area (Å²) in [5.74, 6) is 1.03. The molecule has 5 heteroatoms. The molecule has 0 saturated heterocycles. The van der Waals surface area contributed by atoms with Crippen LogP contribution in [-0.4, -0.2) is 38.6 Å². The first-order chi connectivity index (χ1) is 12.3. The van der Waals surface area contributed by atoms with Crippen LogP contribution in [0.2, 0.25) is 0 Å². The molecule has 128 valence electrons. The number of fused-ring (bicyclic) bond motifs is 1. The fraction of sp³-hybridized carbons (Fsp3) is 0.350. The third-order valence-corrected chi connectivity index (χ3v) is 4.86. The molecule has 0 radical (unpaired) electrons. The van der Waals surface area contributed by atoms with Crippen LogP contribution in [0.25, 0.3) is 17.0 Å². The molecule has 0 bridgehead atoms. The zero-order chi connectivity index (χ0) is 17.1. The van der Waals surface area contributed by atoms with E-state index in [1.54, 1.807) is 4.52 Å². The first-order valence-corrected chi connectivity index (χ1v) is 8.89. The van der Waals surface area contributed by atoms with E-state index in [1.165, 1.54) is 6.42 Å². The monoisotopic (exact) mass is 334 g/mol. The van der Waals surface area contributed by atoms with Crippen molar-refractivity contribution in [3.05, 3.63) is 54.2 Å². The number of aliphatic hydroxyl groups excluding tert-OH is 1. The van der Waals surface area contributed by atoms with Gasteiger partial charge >= 0.3 is 0 Å². The van der Waals surface area contributed by atoms with Crippen LogP contribution in [0.3, 0.4) is 0 Å². The van der Waals surface area contributed by atoms with Crippen molar-refractivity contribution < 1.29 is 5.11 Å². The predicted octanol–water partition coefficient (Wildman–Crippen LogP) is 3.37. The van der Waals surface area contributed by atoms with E-state index in [0.717, 1.165) is 41.9 Å². The van der Waals surface area contributed by atoms with Gasteiger partial charge in [0.2, 0.25) is 0 Å². The summed E-state index contributed by atoms with van der Waals surface area (Å²) < 4.78 is 1.78. The number of benzene rings is 1. The molecule has 25 heavy (non-hydrogen) atoms. The lowest BCUT2D eigenvalue weighted by molar-refractivity contribution is 0.0746. The Kier molecular flexibility index (Phi) is 4.57. The normalized spacial score (nSPS) is 21.2. The minimum absolute atomic E-state index is 0.186. The number of aliphatic imine (C=N–C) groups is 1. The van der Waals surface area contributed by atoms with E-state index >= 15 is 0 Å². The van der Waals surface area contributed by atoms with Gasteiger partial charge in [-0.05, 0) is 30.5 Å². The molecular weight excluding hydrogens is 312 g/mol. The average Bonchev–Trinajstić information content (AvgIpc) is 3.08. The molecular formula is C20H22N4O. The fourth-order valence-electron chi connectivity index (χ4n) is 3.37. The Hall–Kier alpha value is -2.53. The van der Waals surface area contributed by atoms with Gasteiger partial charge in [-0.2, -0.15) is 0 Å².